The maximum absolute atomic E-state index is 10.5. The summed E-state index contributed by atoms with van der Waals surface area (Å²) in [6, 6.07) is 0. The molecule has 0 radical (unpaired) electrons. The Morgan fingerprint density at radius 2 is 2.50 bits per heavy atom. The number of aromatic nitrogens is 1. The SMILES string of the molecule is [2H]C(O)c1cnc(C)c(O)c1C=O. The van der Waals surface area contributed by atoms with Crippen molar-refractivity contribution in [3.8, 4) is 5.75 Å². The summed E-state index contributed by atoms with van der Waals surface area (Å²) in [6.07, 6.45) is 1.60. The van der Waals surface area contributed by atoms with Crippen molar-refractivity contribution >= 4 is 6.29 Å². The molecule has 0 saturated heterocycles. The first-order valence-electron chi connectivity index (χ1n) is 3.89. The molecule has 1 heterocycles. The molecule has 0 saturated carbocycles. The van der Waals surface area contributed by atoms with Gasteiger partial charge in [-0.3, -0.25) is 9.78 Å². The van der Waals surface area contributed by atoms with E-state index in [4.69, 9.17) is 6.48 Å². The molecule has 1 unspecified atom stereocenters. The highest BCUT2D eigenvalue weighted by Crippen LogP contribution is 2.21. The quantitative estimate of drug-likeness (QED) is 0.627. The zero-order valence-corrected chi connectivity index (χ0v) is 6.48. The minimum absolute atomic E-state index is 0.0121. The predicted molar refractivity (Wildman–Crippen MR) is 41.9 cm³/mol. The van der Waals surface area contributed by atoms with Gasteiger partial charge in [-0.05, 0) is 6.92 Å². The Morgan fingerprint density at radius 1 is 1.83 bits per heavy atom. The van der Waals surface area contributed by atoms with Crippen LogP contribution in [0, 0.1) is 6.92 Å². The van der Waals surface area contributed by atoms with Crippen LogP contribution in [0.25, 0.3) is 0 Å². The summed E-state index contributed by atoms with van der Waals surface area (Å²) in [5.74, 6) is -0.279. The summed E-state index contributed by atoms with van der Waals surface area (Å²) in [5, 5.41) is 18.2. The molecule has 0 aliphatic heterocycles. The molecule has 1 atom stereocenters. The van der Waals surface area contributed by atoms with Crippen LogP contribution in [0.3, 0.4) is 0 Å². The molecule has 0 bridgehead atoms. The van der Waals surface area contributed by atoms with Gasteiger partial charge in [0, 0.05) is 11.8 Å². The van der Waals surface area contributed by atoms with Gasteiger partial charge in [0.25, 0.3) is 0 Å². The molecule has 4 nitrogen and oxygen atoms in total. The average Bonchev–Trinajstić information content (AvgIpc) is 2.09. The second-order valence-electron chi connectivity index (χ2n) is 2.31. The van der Waals surface area contributed by atoms with Gasteiger partial charge in [0.2, 0.25) is 0 Å². The van der Waals surface area contributed by atoms with Crippen LogP contribution in [0.15, 0.2) is 6.20 Å². The summed E-state index contributed by atoms with van der Waals surface area (Å²) in [6.45, 7) is -0.0261. The van der Waals surface area contributed by atoms with Crippen LogP contribution in [0.4, 0.5) is 0 Å². The first kappa shape index (κ1) is 7.24. The van der Waals surface area contributed by atoms with Crippen LogP contribution in [0.1, 0.15) is 23.0 Å². The molecule has 0 aliphatic carbocycles. The van der Waals surface area contributed by atoms with E-state index in [0.29, 0.717) is 12.0 Å². The molecule has 0 fully saturated rings. The van der Waals surface area contributed by atoms with Gasteiger partial charge in [0.1, 0.15) is 5.75 Å². The number of pyridine rings is 1. The number of nitrogens with zero attached hydrogens (tertiary/aromatic N) is 1. The first-order valence-corrected chi connectivity index (χ1v) is 3.32. The smallest absolute Gasteiger partial charge is 0.154 e. The van der Waals surface area contributed by atoms with Crippen LogP contribution in [0.5, 0.6) is 5.75 Å². The average molecular weight is 168 g/mol. The van der Waals surface area contributed by atoms with Crippen LogP contribution >= 0.6 is 0 Å². The van der Waals surface area contributed by atoms with Crippen LogP contribution in [-0.4, -0.2) is 21.5 Å². The Labute approximate surface area is 70.9 Å². The van der Waals surface area contributed by atoms with E-state index in [1.54, 1.807) is 0 Å². The third kappa shape index (κ3) is 1.29. The summed E-state index contributed by atoms with van der Waals surface area (Å²) >= 11 is 0. The van der Waals surface area contributed by atoms with Gasteiger partial charge in [-0.15, -0.1) is 0 Å². The number of carbonyl (C=O) groups excluding carboxylic acids is 1. The Morgan fingerprint density at radius 3 is 3.00 bits per heavy atom. The number of aldehydes is 1. The summed E-state index contributed by atoms with van der Waals surface area (Å²) in [7, 11) is 0. The van der Waals surface area contributed by atoms with Crippen molar-refractivity contribution in [2.24, 2.45) is 0 Å². The predicted octanol–water partition coefficient (Wildman–Crippen LogP) is 0.400. The zero-order valence-electron chi connectivity index (χ0n) is 7.48. The molecule has 0 aromatic carbocycles. The van der Waals surface area contributed by atoms with Crippen molar-refractivity contribution in [2.75, 3.05) is 0 Å². The van der Waals surface area contributed by atoms with Crippen molar-refractivity contribution in [3.63, 3.8) is 0 Å². The lowest BCUT2D eigenvalue weighted by Crippen LogP contribution is -1.96. The largest absolute Gasteiger partial charge is 0.505 e. The van der Waals surface area contributed by atoms with Crippen molar-refractivity contribution in [1.29, 1.82) is 0 Å². The molecule has 1 aromatic rings. The number of aromatic hydroxyl groups is 1. The molecular weight excluding hydrogens is 158 g/mol. The second-order valence-corrected chi connectivity index (χ2v) is 2.31. The van der Waals surface area contributed by atoms with Gasteiger partial charge in [0.15, 0.2) is 6.29 Å². The van der Waals surface area contributed by atoms with Gasteiger partial charge < -0.3 is 10.2 Å². The number of rotatable bonds is 2. The van der Waals surface area contributed by atoms with E-state index in [1.165, 1.54) is 13.1 Å². The second kappa shape index (κ2) is 3.32. The maximum Gasteiger partial charge on any atom is 0.154 e. The number of aliphatic hydroxyl groups excluding tert-OH is 1. The molecule has 64 valence electrons. The third-order valence-electron chi connectivity index (χ3n) is 1.56. The Balaban J connectivity index is 3.38. The van der Waals surface area contributed by atoms with Crippen LogP contribution in [-0.2, 0) is 6.58 Å². The number of carbonyl (C=O) groups is 1. The third-order valence-corrected chi connectivity index (χ3v) is 1.56. The van der Waals surface area contributed by atoms with E-state index in [1.807, 2.05) is 0 Å². The number of hydrogen-bond donors (Lipinski definition) is 2. The fourth-order valence-corrected chi connectivity index (χ4v) is 0.855. The molecule has 0 spiro atoms. The minimum atomic E-state index is -1.56. The van der Waals surface area contributed by atoms with Crippen molar-refractivity contribution in [2.45, 2.75) is 13.5 Å². The number of hydrogen-bond acceptors (Lipinski definition) is 4. The minimum Gasteiger partial charge on any atom is -0.505 e. The highest BCUT2D eigenvalue weighted by Gasteiger charge is 2.09. The monoisotopic (exact) mass is 168 g/mol. The van der Waals surface area contributed by atoms with E-state index < -0.39 is 6.58 Å². The Kier molecular flexibility index (Phi) is 2.00. The van der Waals surface area contributed by atoms with E-state index in [0.717, 1.165) is 0 Å². The summed E-state index contributed by atoms with van der Waals surface area (Å²) < 4.78 is 6.98. The van der Waals surface area contributed by atoms with E-state index in [-0.39, 0.29) is 16.9 Å². The molecule has 4 heteroatoms. The standard InChI is InChI=1S/C8H9NO3/c1-5-8(12)7(4-11)6(3-10)2-9-5/h2,4,10,12H,3H2,1H3/i3D. The highest BCUT2D eigenvalue weighted by molar-refractivity contribution is 5.81. The summed E-state index contributed by atoms with van der Waals surface area (Å²) in [5.41, 5.74) is 0.236. The van der Waals surface area contributed by atoms with Gasteiger partial charge in [-0.1, -0.05) is 0 Å². The zero-order chi connectivity index (χ0) is 10.0. The number of aliphatic hydroxyl groups is 1. The normalized spacial score (nSPS) is 13.7. The van der Waals surface area contributed by atoms with Crippen molar-refractivity contribution < 1.29 is 16.4 Å². The lowest BCUT2D eigenvalue weighted by atomic mass is 10.1. The molecule has 1 aromatic heterocycles. The van der Waals surface area contributed by atoms with E-state index >= 15 is 0 Å². The molecule has 1 rings (SSSR count). The summed E-state index contributed by atoms with van der Waals surface area (Å²) in [4.78, 5) is 14.2. The van der Waals surface area contributed by atoms with Crippen LogP contribution in [0.2, 0.25) is 0 Å². The van der Waals surface area contributed by atoms with E-state index in [2.05, 4.69) is 4.98 Å². The van der Waals surface area contributed by atoms with Crippen LogP contribution < -0.4 is 0 Å². The fraction of sp³-hybridized carbons (Fsp3) is 0.250. The molecular formula is C8H9NO3. The Hall–Kier alpha value is -1.42. The van der Waals surface area contributed by atoms with Crippen molar-refractivity contribution in [3.05, 3.63) is 23.0 Å². The van der Waals surface area contributed by atoms with Gasteiger partial charge in [-0.25, -0.2) is 0 Å². The lowest BCUT2D eigenvalue weighted by molar-refractivity contribution is 0.111. The fourth-order valence-electron chi connectivity index (χ4n) is 0.855. The maximum atomic E-state index is 10.5. The van der Waals surface area contributed by atoms with Gasteiger partial charge >= 0.3 is 0 Å². The van der Waals surface area contributed by atoms with Crippen molar-refractivity contribution in [1.82, 2.24) is 4.98 Å². The van der Waals surface area contributed by atoms with Gasteiger partial charge in [-0.2, -0.15) is 0 Å². The topological polar surface area (TPSA) is 70.4 Å². The number of aryl methyl sites for hydroxylation is 1. The molecule has 0 aliphatic rings. The Bertz CT molecular complexity index is 338. The molecule has 0 amide bonds. The molecule has 2 N–H and O–H groups in total. The molecule has 12 heavy (non-hydrogen) atoms. The van der Waals surface area contributed by atoms with E-state index in [9.17, 15) is 9.90 Å². The van der Waals surface area contributed by atoms with Gasteiger partial charge in [0.05, 0.1) is 19.2 Å². The highest BCUT2D eigenvalue weighted by atomic mass is 16.3. The lowest BCUT2D eigenvalue weighted by Gasteiger charge is -2.04. The first-order chi connectivity index (χ1) is 6.07.